The molecule has 2 N–H and O–H groups in total. The molecule has 0 heterocycles. The Kier molecular flexibility index (Phi) is 3.06. The van der Waals surface area contributed by atoms with Crippen LogP contribution in [0.4, 0.5) is 18.9 Å². The summed E-state index contributed by atoms with van der Waals surface area (Å²) in [6.45, 7) is 0. The third-order valence-corrected chi connectivity index (χ3v) is 2.41. The predicted molar refractivity (Wildman–Crippen MR) is 60.6 cm³/mol. The Hall–Kier alpha value is -2.30. The highest BCUT2D eigenvalue weighted by Crippen LogP contribution is 2.19. The summed E-state index contributed by atoms with van der Waals surface area (Å²) in [5, 5.41) is 0. The van der Waals surface area contributed by atoms with Crippen molar-refractivity contribution >= 4 is 11.5 Å². The van der Waals surface area contributed by atoms with Crippen LogP contribution < -0.4 is 5.73 Å². The Morgan fingerprint density at radius 1 is 0.944 bits per heavy atom. The average Bonchev–Trinajstić information content (AvgIpc) is 2.28. The second-order valence-electron chi connectivity index (χ2n) is 3.70. The molecule has 0 aliphatic carbocycles. The van der Waals surface area contributed by atoms with E-state index < -0.39 is 28.8 Å². The standard InChI is InChI=1S/C13H8F3NO/c14-8-5-10(15)12(11(16)6-8)13(18)7-1-3-9(17)4-2-7/h1-6H,17H2. The first-order chi connectivity index (χ1) is 8.49. The van der Waals surface area contributed by atoms with E-state index >= 15 is 0 Å². The van der Waals surface area contributed by atoms with Gasteiger partial charge in [-0.05, 0) is 24.3 Å². The number of rotatable bonds is 2. The molecule has 2 aromatic rings. The van der Waals surface area contributed by atoms with Gasteiger partial charge in [-0.15, -0.1) is 0 Å². The first-order valence-corrected chi connectivity index (χ1v) is 5.04. The van der Waals surface area contributed by atoms with Crippen molar-refractivity contribution in [3.63, 3.8) is 0 Å². The maximum absolute atomic E-state index is 13.4. The van der Waals surface area contributed by atoms with Gasteiger partial charge in [-0.25, -0.2) is 13.2 Å². The number of nitrogens with two attached hydrogens (primary N) is 1. The van der Waals surface area contributed by atoms with E-state index in [1.165, 1.54) is 24.3 Å². The normalized spacial score (nSPS) is 10.4. The Morgan fingerprint density at radius 3 is 1.94 bits per heavy atom. The van der Waals surface area contributed by atoms with Gasteiger partial charge >= 0.3 is 0 Å². The Bertz CT molecular complexity index is 585. The molecule has 2 rings (SSSR count). The zero-order valence-corrected chi connectivity index (χ0v) is 9.08. The van der Waals surface area contributed by atoms with E-state index in [1.807, 2.05) is 0 Å². The van der Waals surface area contributed by atoms with Crippen molar-refractivity contribution in [2.75, 3.05) is 5.73 Å². The fourth-order valence-corrected chi connectivity index (χ4v) is 1.54. The summed E-state index contributed by atoms with van der Waals surface area (Å²) in [5.74, 6) is -4.38. The number of ketones is 1. The highest BCUT2D eigenvalue weighted by atomic mass is 19.1. The van der Waals surface area contributed by atoms with Crippen molar-refractivity contribution in [3.8, 4) is 0 Å². The van der Waals surface area contributed by atoms with Crippen LogP contribution in [0.5, 0.6) is 0 Å². The Balaban J connectivity index is 2.49. The molecular formula is C13H8F3NO. The zero-order chi connectivity index (χ0) is 13.3. The van der Waals surface area contributed by atoms with Crippen LogP contribution in [0, 0.1) is 17.5 Å². The second kappa shape index (κ2) is 4.52. The van der Waals surface area contributed by atoms with Gasteiger partial charge in [0.2, 0.25) is 0 Å². The summed E-state index contributed by atoms with van der Waals surface area (Å²) in [5.41, 5.74) is 5.16. The molecule has 2 aromatic carbocycles. The summed E-state index contributed by atoms with van der Waals surface area (Å²) < 4.78 is 39.5. The number of hydrogen-bond donors (Lipinski definition) is 1. The van der Waals surface area contributed by atoms with Crippen LogP contribution in [0.25, 0.3) is 0 Å². The average molecular weight is 251 g/mol. The summed E-state index contributed by atoms with van der Waals surface area (Å²) in [7, 11) is 0. The lowest BCUT2D eigenvalue weighted by Crippen LogP contribution is -2.08. The molecule has 0 spiro atoms. The van der Waals surface area contributed by atoms with Crippen molar-refractivity contribution in [1.82, 2.24) is 0 Å². The SMILES string of the molecule is Nc1ccc(C(=O)c2c(F)cc(F)cc2F)cc1. The van der Waals surface area contributed by atoms with E-state index in [0.717, 1.165) is 0 Å². The quantitative estimate of drug-likeness (QED) is 0.658. The maximum atomic E-state index is 13.4. The third kappa shape index (κ3) is 2.20. The Morgan fingerprint density at radius 2 is 1.44 bits per heavy atom. The van der Waals surface area contributed by atoms with Crippen LogP contribution >= 0.6 is 0 Å². The molecular weight excluding hydrogens is 243 g/mol. The van der Waals surface area contributed by atoms with Crippen molar-refractivity contribution in [2.24, 2.45) is 0 Å². The lowest BCUT2D eigenvalue weighted by molar-refractivity contribution is 0.103. The van der Waals surface area contributed by atoms with Gasteiger partial charge in [-0.1, -0.05) is 0 Å². The number of nitrogen functional groups attached to an aromatic ring is 1. The van der Waals surface area contributed by atoms with E-state index in [2.05, 4.69) is 0 Å². The molecule has 0 amide bonds. The van der Waals surface area contributed by atoms with E-state index in [-0.39, 0.29) is 5.56 Å². The van der Waals surface area contributed by atoms with Gasteiger partial charge < -0.3 is 5.73 Å². The first-order valence-electron chi connectivity index (χ1n) is 5.04. The molecule has 0 bridgehead atoms. The topological polar surface area (TPSA) is 43.1 Å². The number of carbonyl (C=O) groups is 1. The minimum Gasteiger partial charge on any atom is -0.399 e. The zero-order valence-electron chi connectivity index (χ0n) is 9.08. The summed E-state index contributed by atoms with van der Waals surface area (Å²) in [6.07, 6.45) is 0. The van der Waals surface area contributed by atoms with Crippen LogP contribution in [0.2, 0.25) is 0 Å². The summed E-state index contributed by atoms with van der Waals surface area (Å²) in [6, 6.07) is 6.50. The third-order valence-electron chi connectivity index (χ3n) is 2.41. The molecule has 0 saturated carbocycles. The van der Waals surface area contributed by atoms with Crippen LogP contribution in [0.15, 0.2) is 36.4 Å². The molecule has 0 atom stereocenters. The molecule has 18 heavy (non-hydrogen) atoms. The van der Waals surface area contributed by atoms with Crippen molar-refractivity contribution < 1.29 is 18.0 Å². The van der Waals surface area contributed by atoms with Crippen molar-refractivity contribution in [1.29, 1.82) is 0 Å². The minimum absolute atomic E-state index is 0.0774. The molecule has 0 fully saturated rings. The molecule has 0 aliphatic rings. The van der Waals surface area contributed by atoms with E-state index in [9.17, 15) is 18.0 Å². The fraction of sp³-hybridized carbons (Fsp3) is 0. The highest BCUT2D eigenvalue weighted by molar-refractivity contribution is 6.09. The van der Waals surface area contributed by atoms with Gasteiger partial charge in [0, 0.05) is 23.4 Å². The maximum Gasteiger partial charge on any atom is 0.198 e. The van der Waals surface area contributed by atoms with E-state index in [1.54, 1.807) is 0 Å². The number of hydrogen-bond acceptors (Lipinski definition) is 2. The van der Waals surface area contributed by atoms with Gasteiger partial charge in [0.15, 0.2) is 5.78 Å². The highest BCUT2D eigenvalue weighted by Gasteiger charge is 2.20. The fourth-order valence-electron chi connectivity index (χ4n) is 1.54. The largest absolute Gasteiger partial charge is 0.399 e. The van der Waals surface area contributed by atoms with Crippen LogP contribution in [-0.4, -0.2) is 5.78 Å². The summed E-state index contributed by atoms with van der Waals surface area (Å²) in [4.78, 5) is 11.9. The van der Waals surface area contributed by atoms with Crippen LogP contribution in [0.1, 0.15) is 15.9 Å². The van der Waals surface area contributed by atoms with Gasteiger partial charge in [0.25, 0.3) is 0 Å². The van der Waals surface area contributed by atoms with Crippen molar-refractivity contribution in [3.05, 3.63) is 65.0 Å². The molecule has 5 heteroatoms. The first kappa shape index (κ1) is 12.2. The molecule has 0 aromatic heterocycles. The summed E-state index contributed by atoms with van der Waals surface area (Å²) >= 11 is 0. The van der Waals surface area contributed by atoms with Gasteiger partial charge in [-0.3, -0.25) is 4.79 Å². The molecule has 0 unspecified atom stereocenters. The molecule has 92 valence electrons. The van der Waals surface area contributed by atoms with Gasteiger partial charge in [0.1, 0.15) is 17.5 Å². The number of anilines is 1. The molecule has 0 radical (unpaired) electrons. The monoisotopic (exact) mass is 251 g/mol. The smallest absolute Gasteiger partial charge is 0.198 e. The number of benzene rings is 2. The second-order valence-corrected chi connectivity index (χ2v) is 3.70. The van der Waals surface area contributed by atoms with E-state index in [0.29, 0.717) is 17.8 Å². The van der Waals surface area contributed by atoms with Crippen LogP contribution in [-0.2, 0) is 0 Å². The van der Waals surface area contributed by atoms with Crippen molar-refractivity contribution in [2.45, 2.75) is 0 Å². The molecule has 0 aliphatic heterocycles. The van der Waals surface area contributed by atoms with Gasteiger partial charge in [0.05, 0.1) is 5.56 Å². The van der Waals surface area contributed by atoms with E-state index in [4.69, 9.17) is 5.73 Å². The minimum atomic E-state index is -1.23. The molecule has 2 nitrogen and oxygen atoms in total. The van der Waals surface area contributed by atoms with Crippen LogP contribution in [0.3, 0.4) is 0 Å². The number of halogens is 3. The lowest BCUT2D eigenvalue weighted by Gasteiger charge is -2.05. The lowest BCUT2D eigenvalue weighted by atomic mass is 10.0. The van der Waals surface area contributed by atoms with Gasteiger partial charge in [-0.2, -0.15) is 0 Å². The number of carbonyl (C=O) groups excluding carboxylic acids is 1. The molecule has 0 saturated heterocycles. The Labute approximate surface area is 101 Å². The predicted octanol–water partition coefficient (Wildman–Crippen LogP) is 2.92.